The lowest BCUT2D eigenvalue weighted by molar-refractivity contribution is 0.211. The van der Waals surface area contributed by atoms with Crippen molar-refractivity contribution in [1.29, 1.82) is 0 Å². The third kappa shape index (κ3) is 6.61. The monoisotopic (exact) mass is 265 g/mol. The molecular weight excluding hydrogens is 230 g/mol. The third-order valence-electron chi connectivity index (χ3n) is 4.65. The second kappa shape index (κ2) is 9.58. The smallest absolute Gasteiger partial charge is 0.0132 e. The van der Waals surface area contributed by atoms with Gasteiger partial charge in [-0.25, -0.2) is 0 Å². The molecule has 1 unspecified atom stereocenters. The first kappa shape index (κ1) is 16.8. The Kier molecular flexibility index (Phi) is 8.45. The van der Waals surface area contributed by atoms with Gasteiger partial charge < -0.3 is 5.32 Å². The van der Waals surface area contributed by atoms with Crippen molar-refractivity contribution in [2.24, 2.45) is 11.8 Å². The van der Waals surface area contributed by atoms with Crippen LogP contribution >= 0.6 is 0 Å². The highest BCUT2D eigenvalue weighted by molar-refractivity contribution is 4.96. The van der Waals surface area contributed by atoms with Crippen LogP contribution in [0.5, 0.6) is 0 Å². The highest BCUT2D eigenvalue weighted by Gasteiger charge is 2.26. The highest BCUT2D eigenvalue weighted by atomic mass is 14.9. The minimum absolute atomic E-state index is 0.685. The van der Waals surface area contributed by atoms with Crippen LogP contribution in [0.2, 0.25) is 0 Å². The molecule has 1 fully saturated rings. The summed E-state index contributed by atoms with van der Waals surface area (Å²) in [7, 11) is 0. The van der Waals surface area contributed by atoms with E-state index >= 15 is 0 Å². The van der Waals surface area contributed by atoms with E-state index in [0.29, 0.717) is 6.04 Å². The molecule has 0 amide bonds. The van der Waals surface area contributed by atoms with Crippen molar-refractivity contribution in [3.05, 3.63) is 12.2 Å². The van der Waals surface area contributed by atoms with E-state index in [1.807, 2.05) is 0 Å². The lowest BCUT2D eigenvalue weighted by Gasteiger charge is -2.35. The van der Waals surface area contributed by atoms with Crippen LogP contribution in [-0.2, 0) is 0 Å². The Labute approximate surface area is 121 Å². The molecule has 0 aromatic heterocycles. The van der Waals surface area contributed by atoms with Crippen LogP contribution in [0.3, 0.4) is 0 Å². The maximum absolute atomic E-state index is 4.11. The van der Waals surface area contributed by atoms with Crippen LogP contribution in [-0.4, -0.2) is 12.6 Å². The SMILES string of the molecule is C=C(C)CC(NCCC)C1CCC(CCCC)CC1. The zero-order chi connectivity index (χ0) is 14.1. The van der Waals surface area contributed by atoms with Gasteiger partial charge in [-0.15, -0.1) is 6.58 Å². The summed E-state index contributed by atoms with van der Waals surface area (Å²) in [6.07, 6.45) is 12.5. The van der Waals surface area contributed by atoms with Crippen LogP contribution in [0.25, 0.3) is 0 Å². The Bertz CT molecular complexity index is 238. The molecule has 19 heavy (non-hydrogen) atoms. The molecule has 0 bridgehead atoms. The second-order valence-electron chi connectivity index (χ2n) is 6.64. The minimum atomic E-state index is 0.685. The van der Waals surface area contributed by atoms with Crippen molar-refractivity contribution in [3.8, 4) is 0 Å². The number of hydrogen-bond donors (Lipinski definition) is 1. The number of hydrogen-bond acceptors (Lipinski definition) is 1. The Morgan fingerprint density at radius 2 is 1.84 bits per heavy atom. The Morgan fingerprint density at radius 3 is 2.37 bits per heavy atom. The summed E-state index contributed by atoms with van der Waals surface area (Å²) in [5, 5.41) is 3.77. The Morgan fingerprint density at radius 1 is 1.16 bits per heavy atom. The van der Waals surface area contributed by atoms with Gasteiger partial charge >= 0.3 is 0 Å². The van der Waals surface area contributed by atoms with Gasteiger partial charge in [0, 0.05) is 6.04 Å². The van der Waals surface area contributed by atoms with E-state index in [2.05, 4.69) is 32.7 Å². The molecular formula is C18H35N. The van der Waals surface area contributed by atoms with Crippen LogP contribution in [0.4, 0.5) is 0 Å². The predicted molar refractivity (Wildman–Crippen MR) is 86.5 cm³/mol. The summed E-state index contributed by atoms with van der Waals surface area (Å²) in [5.41, 5.74) is 1.33. The van der Waals surface area contributed by atoms with Gasteiger partial charge in [0.1, 0.15) is 0 Å². The summed E-state index contributed by atoms with van der Waals surface area (Å²) in [5.74, 6) is 1.91. The van der Waals surface area contributed by atoms with Gasteiger partial charge in [-0.3, -0.25) is 0 Å². The zero-order valence-corrected chi connectivity index (χ0v) is 13.5. The summed E-state index contributed by atoms with van der Waals surface area (Å²) >= 11 is 0. The van der Waals surface area contributed by atoms with E-state index in [1.165, 1.54) is 63.4 Å². The predicted octanol–water partition coefficient (Wildman–Crippen LogP) is 5.32. The van der Waals surface area contributed by atoms with Gasteiger partial charge in [-0.2, -0.15) is 0 Å². The average molecular weight is 265 g/mol. The second-order valence-corrected chi connectivity index (χ2v) is 6.64. The van der Waals surface area contributed by atoms with Crippen LogP contribution < -0.4 is 5.32 Å². The first-order chi connectivity index (χ1) is 9.17. The Hall–Kier alpha value is -0.300. The standard InChI is InChI=1S/C18H35N/c1-5-7-8-16-9-11-17(12-10-16)18(14-15(3)4)19-13-6-2/h16-19H,3,5-14H2,1-2,4H3. The molecule has 1 rings (SSSR count). The zero-order valence-electron chi connectivity index (χ0n) is 13.5. The molecule has 1 nitrogen and oxygen atoms in total. The van der Waals surface area contributed by atoms with Crippen molar-refractivity contribution in [3.63, 3.8) is 0 Å². The molecule has 1 N–H and O–H groups in total. The molecule has 1 aliphatic rings. The molecule has 0 aliphatic heterocycles. The first-order valence-electron chi connectivity index (χ1n) is 8.55. The maximum atomic E-state index is 4.11. The van der Waals surface area contributed by atoms with Crippen molar-refractivity contribution >= 4 is 0 Å². The van der Waals surface area contributed by atoms with Gasteiger partial charge in [-0.05, 0) is 51.0 Å². The molecule has 1 heteroatoms. The van der Waals surface area contributed by atoms with Crippen molar-refractivity contribution < 1.29 is 0 Å². The molecule has 0 spiro atoms. The van der Waals surface area contributed by atoms with E-state index in [0.717, 1.165) is 18.4 Å². The fraction of sp³-hybridized carbons (Fsp3) is 0.889. The number of rotatable bonds is 9. The number of nitrogens with one attached hydrogen (secondary N) is 1. The Balaban J connectivity index is 2.37. The minimum Gasteiger partial charge on any atom is -0.313 e. The summed E-state index contributed by atoms with van der Waals surface area (Å²) in [6.45, 7) is 12.0. The lowest BCUT2D eigenvalue weighted by Crippen LogP contribution is -2.38. The van der Waals surface area contributed by atoms with Crippen molar-refractivity contribution in [2.75, 3.05) is 6.54 Å². The molecule has 1 aliphatic carbocycles. The van der Waals surface area contributed by atoms with Crippen LogP contribution in [0.1, 0.15) is 78.6 Å². The molecule has 0 aromatic rings. The molecule has 1 atom stereocenters. The highest BCUT2D eigenvalue weighted by Crippen LogP contribution is 2.34. The fourth-order valence-electron chi connectivity index (χ4n) is 3.48. The van der Waals surface area contributed by atoms with Crippen LogP contribution in [0.15, 0.2) is 12.2 Å². The van der Waals surface area contributed by atoms with Gasteiger partial charge in [-0.1, -0.05) is 51.5 Å². The van der Waals surface area contributed by atoms with Crippen LogP contribution in [0, 0.1) is 11.8 Å². The van der Waals surface area contributed by atoms with E-state index in [1.54, 1.807) is 0 Å². The molecule has 112 valence electrons. The van der Waals surface area contributed by atoms with E-state index in [9.17, 15) is 0 Å². The lowest BCUT2D eigenvalue weighted by atomic mass is 9.75. The van der Waals surface area contributed by atoms with E-state index in [-0.39, 0.29) is 0 Å². The topological polar surface area (TPSA) is 12.0 Å². The quantitative estimate of drug-likeness (QED) is 0.556. The van der Waals surface area contributed by atoms with E-state index in [4.69, 9.17) is 0 Å². The maximum Gasteiger partial charge on any atom is 0.0132 e. The van der Waals surface area contributed by atoms with Crippen molar-refractivity contribution in [2.45, 2.75) is 84.6 Å². The molecule has 0 aromatic carbocycles. The van der Waals surface area contributed by atoms with Gasteiger partial charge in [0.05, 0.1) is 0 Å². The van der Waals surface area contributed by atoms with Gasteiger partial charge in [0.2, 0.25) is 0 Å². The normalized spacial score (nSPS) is 25.2. The van der Waals surface area contributed by atoms with Gasteiger partial charge in [0.15, 0.2) is 0 Å². The summed E-state index contributed by atoms with van der Waals surface area (Å²) in [4.78, 5) is 0. The summed E-state index contributed by atoms with van der Waals surface area (Å²) in [6, 6.07) is 0.685. The fourth-order valence-corrected chi connectivity index (χ4v) is 3.48. The average Bonchev–Trinajstić information content (AvgIpc) is 2.41. The number of unbranched alkanes of at least 4 members (excludes halogenated alkanes) is 1. The molecule has 1 saturated carbocycles. The van der Waals surface area contributed by atoms with Gasteiger partial charge in [0.25, 0.3) is 0 Å². The molecule has 0 heterocycles. The van der Waals surface area contributed by atoms with E-state index < -0.39 is 0 Å². The molecule has 0 radical (unpaired) electrons. The molecule has 0 saturated heterocycles. The third-order valence-corrected chi connectivity index (χ3v) is 4.65. The first-order valence-corrected chi connectivity index (χ1v) is 8.55. The summed E-state index contributed by atoms with van der Waals surface area (Å²) < 4.78 is 0. The van der Waals surface area contributed by atoms with Crippen molar-refractivity contribution in [1.82, 2.24) is 5.32 Å². The largest absolute Gasteiger partial charge is 0.313 e.